The van der Waals surface area contributed by atoms with Gasteiger partial charge in [0.1, 0.15) is 5.58 Å². The summed E-state index contributed by atoms with van der Waals surface area (Å²) < 4.78 is 20.9. The van der Waals surface area contributed by atoms with E-state index in [9.17, 15) is 9.35 Å². The largest absolute Gasteiger partial charge is 0.593 e. The summed E-state index contributed by atoms with van der Waals surface area (Å²) in [6.07, 6.45) is 6.64. The number of carbonyl (C=O) groups is 1. The van der Waals surface area contributed by atoms with Gasteiger partial charge in [-0.25, -0.2) is 0 Å². The average molecular weight is 391 g/mol. The Balaban J connectivity index is 1.85. The molecule has 1 unspecified atom stereocenters. The molecule has 1 fully saturated rings. The van der Waals surface area contributed by atoms with Gasteiger partial charge in [-0.15, -0.1) is 4.31 Å². The topological polar surface area (TPSA) is 59.8 Å². The molecular formula is C21H30N2O3S. The van der Waals surface area contributed by atoms with E-state index in [0.29, 0.717) is 11.3 Å². The van der Waals surface area contributed by atoms with Gasteiger partial charge in [0.05, 0.1) is 11.4 Å². The summed E-state index contributed by atoms with van der Waals surface area (Å²) in [5.74, 6) is 0.300. The van der Waals surface area contributed by atoms with E-state index < -0.39 is 11.4 Å². The number of fused-ring (bicyclic) bond motifs is 1. The average Bonchev–Trinajstić information content (AvgIpc) is 2.86. The van der Waals surface area contributed by atoms with Gasteiger partial charge >= 0.3 is 0 Å². The highest BCUT2D eigenvalue weighted by atomic mass is 32.2. The van der Waals surface area contributed by atoms with Gasteiger partial charge in [0.15, 0.2) is 10.7 Å². The first-order valence-corrected chi connectivity index (χ1v) is 11.1. The van der Waals surface area contributed by atoms with Crippen LogP contribution in [-0.4, -0.2) is 46.3 Å². The van der Waals surface area contributed by atoms with Crippen LogP contribution in [0.2, 0.25) is 0 Å². The van der Waals surface area contributed by atoms with E-state index in [1.807, 2.05) is 32.2 Å². The Morgan fingerprint density at radius 2 is 1.96 bits per heavy atom. The van der Waals surface area contributed by atoms with E-state index in [2.05, 4.69) is 11.2 Å². The Morgan fingerprint density at radius 1 is 1.26 bits per heavy atom. The lowest BCUT2D eigenvalue weighted by molar-refractivity contribution is 0.0763. The molecule has 0 N–H and O–H groups in total. The summed E-state index contributed by atoms with van der Waals surface area (Å²) in [5, 5.41) is 0.878. The highest BCUT2D eigenvalue weighted by Crippen LogP contribution is 2.30. The van der Waals surface area contributed by atoms with Gasteiger partial charge in [0, 0.05) is 43.7 Å². The van der Waals surface area contributed by atoms with E-state index >= 15 is 0 Å². The maximum absolute atomic E-state index is 13.0. The molecule has 1 aliphatic rings. The SMILES string of the molecule is CCCCN(C)C(=O)c1oc2ccc([S+]([O-])N3CCCCCC3)cc2c1C. The van der Waals surface area contributed by atoms with Gasteiger partial charge < -0.3 is 13.9 Å². The molecule has 27 heavy (non-hydrogen) atoms. The molecule has 1 aliphatic heterocycles. The van der Waals surface area contributed by atoms with Crippen LogP contribution >= 0.6 is 0 Å². The third kappa shape index (κ3) is 4.50. The van der Waals surface area contributed by atoms with E-state index in [1.165, 1.54) is 12.8 Å². The maximum Gasteiger partial charge on any atom is 0.289 e. The van der Waals surface area contributed by atoms with Crippen LogP contribution in [0.4, 0.5) is 0 Å². The molecule has 0 aliphatic carbocycles. The monoisotopic (exact) mass is 390 g/mol. The van der Waals surface area contributed by atoms with Crippen LogP contribution in [0.1, 0.15) is 61.6 Å². The van der Waals surface area contributed by atoms with Crippen molar-refractivity contribution in [3.8, 4) is 0 Å². The van der Waals surface area contributed by atoms with Crippen LogP contribution < -0.4 is 0 Å². The molecule has 1 atom stereocenters. The molecule has 3 rings (SSSR count). The fourth-order valence-electron chi connectivity index (χ4n) is 3.54. The van der Waals surface area contributed by atoms with Crippen molar-refractivity contribution in [2.75, 3.05) is 26.7 Å². The second kappa shape index (κ2) is 9.13. The molecular weight excluding hydrogens is 360 g/mol. The lowest BCUT2D eigenvalue weighted by atomic mass is 10.1. The number of nitrogens with zero attached hydrogens (tertiary/aromatic N) is 2. The number of unbranched alkanes of at least 4 members (excludes halogenated alkanes) is 1. The van der Waals surface area contributed by atoms with Crippen molar-refractivity contribution >= 4 is 28.2 Å². The minimum atomic E-state index is -1.16. The van der Waals surface area contributed by atoms with Gasteiger partial charge in [0.25, 0.3) is 5.91 Å². The van der Waals surface area contributed by atoms with Crippen molar-refractivity contribution in [2.45, 2.75) is 57.3 Å². The van der Waals surface area contributed by atoms with Crippen LogP contribution in [0.3, 0.4) is 0 Å². The first-order valence-electron chi connectivity index (χ1n) is 9.98. The van der Waals surface area contributed by atoms with Crippen LogP contribution in [0.15, 0.2) is 27.5 Å². The molecule has 1 amide bonds. The molecule has 2 aromatic rings. The number of amides is 1. The van der Waals surface area contributed by atoms with Crippen LogP contribution in [0.5, 0.6) is 0 Å². The zero-order valence-electron chi connectivity index (χ0n) is 16.6. The van der Waals surface area contributed by atoms with Crippen LogP contribution in [0, 0.1) is 6.92 Å². The van der Waals surface area contributed by atoms with Crippen molar-refractivity contribution in [1.82, 2.24) is 9.21 Å². The molecule has 2 heterocycles. The van der Waals surface area contributed by atoms with Gasteiger partial charge in [0.2, 0.25) is 0 Å². The van der Waals surface area contributed by atoms with Crippen molar-refractivity contribution < 1.29 is 13.8 Å². The number of carbonyl (C=O) groups excluding carboxylic acids is 1. The number of benzene rings is 1. The Kier molecular flexibility index (Phi) is 6.84. The number of hydrogen-bond donors (Lipinski definition) is 0. The molecule has 5 nitrogen and oxygen atoms in total. The maximum atomic E-state index is 13.0. The summed E-state index contributed by atoms with van der Waals surface area (Å²) in [4.78, 5) is 15.2. The predicted octanol–water partition coefficient (Wildman–Crippen LogP) is 4.51. The second-order valence-electron chi connectivity index (χ2n) is 7.39. The number of furan rings is 1. The molecule has 1 aromatic carbocycles. The standard InChI is InChI=1S/C21H30N2O3S/c1-4-5-12-22(3)21(24)20-16(2)18-15-17(10-11-19(18)26-20)27(25)23-13-8-6-7-9-14-23/h10-11,15H,4-9,12-14H2,1-3H3. The third-order valence-corrected chi connectivity index (χ3v) is 6.79. The van der Waals surface area contributed by atoms with E-state index in [1.54, 1.807) is 4.90 Å². The summed E-state index contributed by atoms with van der Waals surface area (Å²) in [7, 11) is 1.81. The highest BCUT2D eigenvalue weighted by molar-refractivity contribution is 7.89. The van der Waals surface area contributed by atoms with Gasteiger partial charge in [-0.1, -0.05) is 26.2 Å². The molecule has 0 spiro atoms. The van der Waals surface area contributed by atoms with E-state index in [-0.39, 0.29) is 5.91 Å². The second-order valence-corrected chi connectivity index (χ2v) is 8.87. The zero-order valence-corrected chi connectivity index (χ0v) is 17.4. The van der Waals surface area contributed by atoms with E-state index in [4.69, 9.17) is 4.42 Å². The summed E-state index contributed by atoms with van der Waals surface area (Å²) in [5.41, 5.74) is 1.50. The Bertz CT molecular complexity index is 781. The fraction of sp³-hybridized carbons (Fsp3) is 0.571. The quantitative estimate of drug-likeness (QED) is 0.681. The molecule has 1 aromatic heterocycles. The smallest absolute Gasteiger partial charge is 0.289 e. The molecule has 0 radical (unpaired) electrons. The Hall–Kier alpha value is -1.50. The van der Waals surface area contributed by atoms with Crippen molar-refractivity contribution in [1.29, 1.82) is 0 Å². The third-order valence-electron chi connectivity index (χ3n) is 5.30. The van der Waals surface area contributed by atoms with Gasteiger partial charge in [-0.2, -0.15) is 0 Å². The molecule has 0 saturated carbocycles. The number of rotatable bonds is 6. The normalized spacial score (nSPS) is 17.0. The molecule has 1 saturated heterocycles. The fourth-order valence-corrected chi connectivity index (χ4v) is 4.83. The van der Waals surface area contributed by atoms with Crippen molar-refractivity contribution in [3.63, 3.8) is 0 Å². The van der Waals surface area contributed by atoms with Crippen LogP contribution in [0.25, 0.3) is 11.0 Å². The van der Waals surface area contributed by atoms with Gasteiger partial charge in [-0.05, 0) is 38.3 Å². The minimum absolute atomic E-state index is 0.0904. The Labute approximate surface area is 165 Å². The first kappa shape index (κ1) is 20.2. The highest BCUT2D eigenvalue weighted by Gasteiger charge is 2.26. The summed E-state index contributed by atoms with van der Waals surface area (Å²) >= 11 is -1.16. The Morgan fingerprint density at radius 3 is 2.63 bits per heavy atom. The summed E-state index contributed by atoms with van der Waals surface area (Å²) in [6, 6.07) is 5.63. The van der Waals surface area contributed by atoms with Crippen molar-refractivity contribution in [2.24, 2.45) is 0 Å². The molecule has 0 bridgehead atoms. The van der Waals surface area contributed by atoms with Gasteiger partial charge in [-0.3, -0.25) is 4.79 Å². The first-order chi connectivity index (χ1) is 13.0. The zero-order chi connectivity index (χ0) is 19.4. The molecule has 6 heteroatoms. The minimum Gasteiger partial charge on any atom is -0.593 e. The number of hydrogen-bond acceptors (Lipinski definition) is 4. The van der Waals surface area contributed by atoms with E-state index in [0.717, 1.165) is 61.2 Å². The molecule has 148 valence electrons. The lowest BCUT2D eigenvalue weighted by Crippen LogP contribution is -2.31. The summed E-state index contributed by atoms with van der Waals surface area (Å²) in [6.45, 7) is 6.49. The number of aryl methyl sites for hydroxylation is 1. The predicted molar refractivity (Wildman–Crippen MR) is 109 cm³/mol. The van der Waals surface area contributed by atoms with Crippen molar-refractivity contribution in [3.05, 3.63) is 29.5 Å². The lowest BCUT2D eigenvalue weighted by Gasteiger charge is -2.22. The van der Waals surface area contributed by atoms with Crippen LogP contribution in [-0.2, 0) is 11.4 Å².